The van der Waals surface area contributed by atoms with E-state index in [1.54, 1.807) is 41.3 Å². The summed E-state index contributed by atoms with van der Waals surface area (Å²) in [4.78, 5) is 53.0. The van der Waals surface area contributed by atoms with E-state index < -0.39 is 34.5 Å². The lowest BCUT2D eigenvalue weighted by Crippen LogP contribution is -2.69. The second kappa shape index (κ2) is 8.60. The number of ether oxygens (including phenoxy) is 2. The summed E-state index contributed by atoms with van der Waals surface area (Å²) in [6, 6.07) is 11.7. The van der Waals surface area contributed by atoms with Crippen LogP contribution in [-0.2, 0) is 25.5 Å². The van der Waals surface area contributed by atoms with E-state index in [-0.39, 0.29) is 25.2 Å². The molecule has 0 aromatic heterocycles. The first kappa shape index (κ1) is 22.4. The molecule has 2 aromatic rings. The first-order valence-electron chi connectivity index (χ1n) is 10.1. The lowest BCUT2D eigenvalue weighted by atomic mass is 9.74. The van der Waals surface area contributed by atoms with Crippen LogP contribution in [0.1, 0.15) is 5.56 Å². The molecule has 172 valence electrons. The van der Waals surface area contributed by atoms with Gasteiger partial charge in [-0.15, -0.1) is 0 Å². The van der Waals surface area contributed by atoms with Crippen LogP contribution in [-0.4, -0.2) is 56.4 Å². The monoisotopic (exact) mass is 454 g/mol. The minimum absolute atomic E-state index is 0.0672. The number of non-ortho nitro benzene ring substituents is 1. The Labute approximate surface area is 189 Å². The second-order valence-corrected chi connectivity index (χ2v) is 7.85. The smallest absolute Gasteiger partial charge is 0.335 e. The number of rotatable bonds is 6. The summed E-state index contributed by atoms with van der Waals surface area (Å²) in [5.74, 6) is -1.45. The number of benzene rings is 2. The zero-order chi connectivity index (χ0) is 23.8. The van der Waals surface area contributed by atoms with Gasteiger partial charge in [-0.3, -0.25) is 25.0 Å². The molecule has 33 heavy (non-hydrogen) atoms. The van der Waals surface area contributed by atoms with Gasteiger partial charge in [0.15, 0.2) is 11.7 Å². The molecular weight excluding hydrogens is 432 g/mol. The molecule has 2 aliphatic heterocycles. The fraction of sp³-hybridized carbons (Fsp3) is 0.318. The molecule has 0 bridgehead atoms. The van der Waals surface area contributed by atoms with Crippen LogP contribution in [0, 0.1) is 15.5 Å². The Kier molecular flexibility index (Phi) is 5.83. The first-order chi connectivity index (χ1) is 15.8. The lowest BCUT2D eigenvalue weighted by Gasteiger charge is -2.46. The number of urea groups is 1. The third-order valence-electron chi connectivity index (χ3n) is 5.95. The molecule has 0 saturated carbocycles. The summed E-state index contributed by atoms with van der Waals surface area (Å²) in [5, 5.41) is 13.7. The fourth-order valence-electron chi connectivity index (χ4n) is 4.30. The van der Waals surface area contributed by atoms with Gasteiger partial charge in [-0.1, -0.05) is 18.2 Å². The van der Waals surface area contributed by atoms with Crippen LogP contribution in [0.2, 0.25) is 0 Å². The highest BCUT2D eigenvalue weighted by atomic mass is 16.7. The van der Waals surface area contributed by atoms with Gasteiger partial charge in [-0.05, 0) is 30.2 Å². The van der Waals surface area contributed by atoms with Gasteiger partial charge in [0.25, 0.3) is 11.6 Å². The Morgan fingerprint density at radius 2 is 1.82 bits per heavy atom. The number of carbonyl (C=O) groups is 3. The fourth-order valence-corrected chi connectivity index (χ4v) is 4.30. The van der Waals surface area contributed by atoms with Gasteiger partial charge in [-0.2, -0.15) is 0 Å². The van der Waals surface area contributed by atoms with Gasteiger partial charge in [0.05, 0.1) is 17.2 Å². The van der Waals surface area contributed by atoms with E-state index in [2.05, 4.69) is 5.32 Å². The minimum Gasteiger partial charge on any atom is -0.365 e. The summed E-state index contributed by atoms with van der Waals surface area (Å²) in [6.45, 7) is 0.0850. The number of carbonyl (C=O) groups excluding carboxylic acids is 3. The van der Waals surface area contributed by atoms with E-state index in [4.69, 9.17) is 9.47 Å². The van der Waals surface area contributed by atoms with E-state index in [1.165, 1.54) is 26.4 Å². The maximum Gasteiger partial charge on any atom is 0.335 e. The Morgan fingerprint density at radius 1 is 1.12 bits per heavy atom. The van der Waals surface area contributed by atoms with Gasteiger partial charge in [0, 0.05) is 38.6 Å². The Balaban J connectivity index is 1.82. The first-order valence-corrected chi connectivity index (χ1v) is 10.1. The topological polar surface area (TPSA) is 131 Å². The number of nitrogens with zero attached hydrogens (tertiary/aromatic N) is 3. The zero-order valence-electron chi connectivity index (χ0n) is 18.0. The number of fused-ring (bicyclic) bond motifs is 1. The van der Waals surface area contributed by atoms with Crippen LogP contribution in [0.4, 0.5) is 21.9 Å². The van der Waals surface area contributed by atoms with E-state index in [1.807, 2.05) is 0 Å². The SMILES string of the molecule is COC(CN1C[C@@]2(Cc3cc([N+](=O)[O-])ccc31)C(=O)NC(=O)N(c1ccccc1)C2=O)OC. The maximum atomic E-state index is 13.7. The molecule has 4 rings (SSSR count). The Hall–Kier alpha value is -3.83. The molecule has 1 atom stereocenters. The van der Waals surface area contributed by atoms with Crippen molar-refractivity contribution in [3.05, 3.63) is 64.2 Å². The van der Waals surface area contributed by atoms with Crippen molar-refractivity contribution in [2.75, 3.05) is 37.1 Å². The third kappa shape index (κ3) is 3.81. The number of nitro groups is 1. The number of nitrogens with one attached hydrogen (secondary N) is 1. The number of barbiturate groups is 1. The van der Waals surface area contributed by atoms with Gasteiger partial charge in [0.1, 0.15) is 0 Å². The number of anilines is 2. The summed E-state index contributed by atoms with van der Waals surface area (Å²) in [7, 11) is 2.91. The van der Waals surface area contributed by atoms with Crippen LogP contribution in [0.15, 0.2) is 48.5 Å². The van der Waals surface area contributed by atoms with Crippen molar-refractivity contribution in [2.24, 2.45) is 5.41 Å². The number of hydrogen-bond acceptors (Lipinski definition) is 8. The summed E-state index contributed by atoms with van der Waals surface area (Å²) in [6.07, 6.45) is -0.788. The van der Waals surface area contributed by atoms with Crippen molar-refractivity contribution in [3.8, 4) is 0 Å². The standard InChI is InChI=1S/C22H22N4O7/c1-32-18(33-2)12-24-13-22(11-14-10-16(26(30)31)8-9-17(14)24)19(27)23-21(29)25(20(22)28)15-6-4-3-5-7-15/h3-10,18H,11-13H2,1-2H3,(H,23,27,29)/t22-/m0/s1. The van der Waals surface area contributed by atoms with Crippen LogP contribution >= 0.6 is 0 Å². The molecule has 2 aliphatic rings. The van der Waals surface area contributed by atoms with E-state index in [0.29, 0.717) is 16.9 Å². The number of imide groups is 2. The normalized spacial score (nSPS) is 20.3. The molecule has 1 spiro atoms. The van der Waals surface area contributed by atoms with E-state index >= 15 is 0 Å². The highest BCUT2D eigenvalue weighted by molar-refractivity contribution is 6.30. The summed E-state index contributed by atoms with van der Waals surface area (Å²) < 4.78 is 10.6. The van der Waals surface area contributed by atoms with Crippen LogP contribution < -0.4 is 15.1 Å². The quantitative estimate of drug-likeness (QED) is 0.303. The largest absolute Gasteiger partial charge is 0.365 e. The Morgan fingerprint density at radius 3 is 2.45 bits per heavy atom. The molecule has 0 unspecified atom stereocenters. The molecule has 0 radical (unpaired) electrons. The maximum absolute atomic E-state index is 13.7. The average molecular weight is 454 g/mol. The molecule has 2 aromatic carbocycles. The summed E-state index contributed by atoms with van der Waals surface area (Å²) in [5.41, 5.74) is -0.477. The van der Waals surface area contributed by atoms with Crippen molar-refractivity contribution in [1.29, 1.82) is 0 Å². The van der Waals surface area contributed by atoms with Crippen molar-refractivity contribution in [3.63, 3.8) is 0 Å². The highest BCUT2D eigenvalue weighted by Gasteiger charge is 2.57. The number of amides is 4. The Bertz CT molecular complexity index is 1120. The molecule has 4 amide bonds. The molecule has 1 fully saturated rings. The molecule has 1 N–H and O–H groups in total. The molecule has 11 heteroatoms. The lowest BCUT2D eigenvalue weighted by molar-refractivity contribution is -0.384. The average Bonchev–Trinajstić information content (AvgIpc) is 2.81. The number of para-hydroxylation sites is 1. The molecule has 2 heterocycles. The zero-order valence-corrected chi connectivity index (χ0v) is 18.0. The molecule has 0 aliphatic carbocycles. The van der Waals surface area contributed by atoms with E-state index in [9.17, 15) is 24.5 Å². The minimum atomic E-state index is -1.68. The van der Waals surface area contributed by atoms with Crippen molar-refractivity contribution < 1.29 is 28.8 Å². The van der Waals surface area contributed by atoms with Crippen LogP contribution in [0.5, 0.6) is 0 Å². The number of nitro benzene ring substituents is 1. The van der Waals surface area contributed by atoms with Crippen molar-refractivity contribution in [2.45, 2.75) is 12.7 Å². The van der Waals surface area contributed by atoms with E-state index in [0.717, 1.165) is 4.90 Å². The highest BCUT2D eigenvalue weighted by Crippen LogP contribution is 2.42. The van der Waals surface area contributed by atoms with Crippen molar-refractivity contribution in [1.82, 2.24) is 5.32 Å². The summed E-state index contributed by atoms with van der Waals surface area (Å²) >= 11 is 0. The van der Waals surface area contributed by atoms with Gasteiger partial charge in [0.2, 0.25) is 5.91 Å². The molecule has 1 saturated heterocycles. The van der Waals surface area contributed by atoms with Crippen LogP contribution in [0.25, 0.3) is 0 Å². The van der Waals surface area contributed by atoms with Gasteiger partial charge in [-0.25, -0.2) is 9.69 Å². The van der Waals surface area contributed by atoms with Crippen LogP contribution in [0.3, 0.4) is 0 Å². The second-order valence-electron chi connectivity index (χ2n) is 7.85. The van der Waals surface area contributed by atoms with Crippen molar-refractivity contribution >= 4 is 34.9 Å². The third-order valence-corrected chi connectivity index (χ3v) is 5.95. The van der Waals surface area contributed by atoms with Gasteiger partial charge < -0.3 is 14.4 Å². The molecular formula is C22H22N4O7. The van der Waals surface area contributed by atoms with Gasteiger partial charge >= 0.3 is 6.03 Å². The molecule has 11 nitrogen and oxygen atoms in total. The predicted molar refractivity (Wildman–Crippen MR) is 117 cm³/mol. The number of methoxy groups -OCH3 is 2. The number of hydrogen-bond donors (Lipinski definition) is 1. The predicted octanol–water partition coefficient (Wildman–Crippen LogP) is 1.85.